The minimum atomic E-state index is -1.06. The molecule has 0 aliphatic rings. The summed E-state index contributed by atoms with van der Waals surface area (Å²) in [5.41, 5.74) is -1.58. The van der Waals surface area contributed by atoms with E-state index in [2.05, 4.69) is 9.97 Å². The van der Waals surface area contributed by atoms with Crippen LogP contribution < -0.4 is 5.56 Å². The molecular formula is C12H7Cl2N3O4. The predicted molar refractivity (Wildman–Crippen MR) is 78.6 cm³/mol. The average molecular weight is 328 g/mol. The third-order valence-electron chi connectivity index (χ3n) is 2.48. The molecule has 0 fully saturated rings. The second-order valence-corrected chi connectivity index (χ2v) is 4.66. The number of nitrogens with zero attached hydrogens (tertiary/aromatic N) is 2. The summed E-state index contributed by atoms with van der Waals surface area (Å²) in [4.78, 5) is 26.7. The topological polar surface area (TPSA) is 109 Å². The number of nitrogens with one attached hydrogen (secondary N) is 1. The van der Waals surface area contributed by atoms with E-state index < -0.39 is 22.0 Å². The Morgan fingerprint density at radius 2 is 1.90 bits per heavy atom. The molecule has 0 unspecified atom stereocenters. The van der Waals surface area contributed by atoms with Crippen LogP contribution in [-0.2, 0) is 0 Å². The SMILES string of the molecule is O=c1[nH]c(/C=C/c2c(Cl)cccc2Cl)nc(O)c1[N+](=O)[O-]. The molecule has 2 aromatic rings. The molecule has 0 aliphatic heterocycles. The number of benzene rings is 1. The summed E-state index contributed by atoms with van der Waals surface area (Å²) >= 11 is 11.9. The van der Waals surface area contributed by atoms with Crippen molar-refractivity contribution in [1.82, 2.24) is 9.97 Å². The zero-order chi connectivity index (χ0) is 15.6. The molecular weight excluding hydrogens is 321 g/mol. The number of halogens is 2. The summed E-state index contributed by atoms with van der Waals surface area (Å²) in [7, 11) is 0. The van der Waals surface area contributed by atoms with Gasteiger partial charge in [-0.25, -0.2) is 0 Å². The van der Waals surface area contributed by atoms with E-state index in [1.165, 1.54) is 12.2 Å². The van der Waals surface area contributed by atoms with Gasteiger partial charge < -0.3 is 10.1 Å². The van der Waals surface area contributed by atoms with Gasteiger partial charge in [0, 0.05) is 15.6 Å². The van der Waals surface area contributed by atoms with E-state index in [1.54, 1.807) is 18.2 Å². The zero-order valence-electron chi connectivity index (χ0n) is 10.2. The molecule has 9 heteroatoms. The van der Waals surface area contributed by atoms with Crippen LogP contribution in [0.4, 0.5) is 5.69 Å². The van der Waals surface area contributed by atoms with E-state index in [4.69, 9.17) is 23.2 Å². The molecule has 0 spiro atoms. The van der Waals surface area contributed by atoms with Gasteiger partial charge in [-0.1, -0.05) is 29.3 Å². The second-order valence-electron chi connectivity index (χ2n) is 3.85. The Morgan fingerprint density at radius 3 is 2.43 bits per heavy atom. The quantitative estimate of drug-likeness (QED) is 0.665. The van der Waals surface area contributed by atoms with Crippen LogP contribution in [0.2, 0.25) is 10.0 Å². The third kappa shape index (κ3) is 3.21. The molecule has 0 bridgehead atoms. The Bertz CT molecular complexity index is 781. The molecule has 1 heterocycles. The van der Waals surface area contributed by atoms with Crippen LogP contribution in [-0.4, -0.2) is 20.0 Å². The van der Waals surface area contributed by atoms with Gasteiger partial charge in [0.05, 0.1) is 4.92 Å². The lowest BCUT2D eigenvalue weighted by molar-refractivity contribution is -0.387. The van der Waals surface area contributed by atoms with E-state index in [0.717, 1.165) is 0 Å². The summed E-state index contributed by atoms with van der Waals surface area (Å²) in [5.74, 6) is -1.03. The van der Waals surface area contributed by atoms with Crippen molar-refractivity contribution in [3.05, 3.63) is 60.1 Å². The summed E-state index contributed by atoms with van der Waals surface area (Å²) in [6, 6.07) is 4.91. The predicted octanol–water partition coefficient (Wildman–Crippen LogP) is 2.86. The van der Waals surface area contributed by atoms with Gasteiger partial charge in [0.25, 0.3) is 5.88 Å². The van der Waals surface area contributed by atoms with Gasteiger partial charge >= 0.3 is 11.2 Å². The van der Waals surface area contributed by atoms with Crippen LogP contribution in [0.15, 0.2) is 23.0 Å². The standard InChI is InChI=1S/C12H7Cl2N3O4/c13-7-2-1-3-8(14)6(7)4-5-9-15-11(18)10(17(20)21)12(19)16-9/h1-5H,(H2,15,16,18,19)/b5-4+. The van der Waals surface area contributed by atoms with Crippen LogP contribution in [0, 0.1) is 10.1 Å². The van der Waals surface area contributed by atoms with Gasteiger partial charge in [0.1, 0.15) is 5.82 Å². The first-order valence-corrected chi connectivity index (χ1v) is 6.25. The maximum Gasteiger partial charge on any atom is 0.395 e. The number of aromatic nitrogens is 2. The molecule has 7 nitrogen and oxygen atoms in total. The molecule has 2 N–H and O–H groups in total. The smallest absolute Gasteiger partial charge is 0.395 e. The molecule has 0 radical (unpaired) electrons. The number of hydrogen-bond donors (Lipinski definition) is 2. The number of aromatic hydroxyl groups is 1. The molecule has 2 rings (SSSR count). The summed E-state index contributed by atoms with van der Waals surface area (Å²) in [6.07, 6.45) is 2.78. The van der Waals surface area contributed by atoms with Crippen molar-refractivity contribution in [2.45, 2.75) is 0 Å². The fourth-order valence-electron chi connectivity index (χ4n) is 1.55. The van der Waals surface area contributed by atoms with Crippen molar-refractivity contribution >= 4 is 41.0 Å². The molecule has 0 saturated carbocycles. The average Bonchev–Trinajstić information content (AvgIpc) is 2.36. The number of aromatic amines is 1. The first-order valence-electron chi connectivity index (χ1n) is 5.50. The van der Waals surface area contributed by atoms with Crippen molar-refractivity contribution in [3.8, 4) is 5.88 Å². The lowest BCUT2D eigenvalue weighted by atomic mass is 10.2. The first kappa shape index (κ1) is 15.0. The van der Waals surface area contributed by atoms with E-state index in [-0.39, 0.29) is 5.82 Å². The van der Waals surface area contributed by atoms with Gasteiger partial charge in [0.2, 0.25) is 0 Å². The maximum atomic E-state index is 11.5. The van der Waals surface area contributed by atoms with E-state index in [1.807, 2.05) is 0 Å². The molecule has 1 aromatic carbocycles. The fraction of sp³-hybridized carbons (Fsp3) is 0. The fourth-order valence-corrected chi connectivity index (χ4v) is 2.07. The van der Waals surface area contributed by atoms with Gasteiger partial charge in [-0.2, -0.15) is 4.98 Å². The van der Waals surface area contributed by atoms with Gasteiger partial charge in [-0.3, -0.25) is 14.9 Å². The van der Waals surface area contributed by atoms with Crippen molar-refractivity contribution in [1.29, 1.82) is 0 Å². The van der Waals surface area contributed by atoms with Gasteiger partial charge in [-0.15, -0.1) is 0 Å². The molecule has 0 atom stereocenters. The lowest BCUT2D eigenvalue weighted by Gasteiger charge is -2.01. The normalized spacial score (nSPS) is 11.0. The molecule has 1 aromatic heterocycles. The molecule has 21 heavy (non-hydrogen) atoms. The van der Waals surface area contributed by atoms with Crippen molar-refractivity contribution in [3.63, 3.8) is 0 Å². The Morgan fingerprint density at radius 1 is 1.29 bits per heavy atom. The summed E-state index contributed by atoms with van der Waals surface area (Å²) in [5, 5.41) is 20.7. The Balaban J connectivity index is 2.43. The maximum absolute atomic E-state index is 11.5. The van der Waals surface area contributed by atoms with Crippen molar-refractivity contribution in [2.75, 3.05) is 0 Å². The van der Waals surface area contributed by atoms with Crippen LogP contribution in [0.3, 0.4) is 0 Å². The third-order valence-corrected chi connectivity index (χ3v) is 3.14. The number of nitro groups is 1. The van der Waals surface area contributed by atoms with E-state index in [0.29, 0.717) is 15.6 Å². The molecule has 108 valence electrons. The van der Waals surface area contributed by atoms with Crippen LogP contribution in [0.5, 0.6) is 5.88 Å². The Labute approximate surface area is 127 Å². The zero-order valence-corrected chi connectivity index (χ0v) is 11.7. The van der Waals surface area contributed by atoms with Crippen LogP contribution >= 0.6 is 23.2 Å². The summed E-state index contributed by atoms with van der Waals surface area (Å²) < 4.78 is 0. The minimum absolute atomic E-state index is 0.0703. The number of rotatable bonds is 3. The van der Waals surface area contributed by atoms with Gasteiger partial charge in [-0.05, 0) is 24.3 Å². The second kappa shape index (κ2) is 5.94. The van der Waals surface area contributed by atoms with E-state index in [9.17, 15) is 20.0 Å². The lowest BCUT2D eigenvalue weighted by Crippen LogP contribution is -2.14. The minimum Gasteiger partial charge on any atom is -0.488 e. The van der Waals surface area contributed by atoms with Crippen LogP contribution in [0.25, 0.3) is 12.2 Å². The highest BCUT2D eigenvalue weighted by Gasteiger charge is 2.21. The highest BCUT2D eigenvalue weighted by atomic mass is 35.5. The van der Waals surface area contributed by atoms with Gasteiger partial charge in [0.15, 0.2) is 0 Å². The van der Waals surface area contributed by atoms with Crippen LogP contribution in [0.1, 0.15) is 11.4 Å². The molecule has 0 amide bonds. The first-order chi connectivity index (χ1) is 9.90. The highest BCUT2D eigenvalue weighted by Crippen LogP contribution is 2.26. The number of H-pyrrole nitrogens is 1. The highest BCUT2D eigenvalue weighted by molar-refractivity contribution is 6.37. The molecule has 0 aliphatic carbocycles. The molecule has 0 saturated heterocycles. The summed E-state index contributed by atoms with van der Waals surface area (Å²) in [6.45, 7) is 0. The Kier molecular flexibility index (Phi) is 4.25. The largest absolute Gasteiger partial charge is 0.488 e. The van der Waals surface area contributed by atoms with Crippen molar-refractivity contribution < 1.29 is 10.0 Å². The Hall–Kier alpha value is -2.38. The van der Waals surface area contributed by atoms with Crippen molar-refractivity contribution in [2.24, 2.45) is 0 Å². The van der Waals surface area contributed by atoms with E-state index >= 15 is 0 Å². The monoisotopic (exact) mass is 327 g/mol. The number of hydrogen-bond acceptors (Lipinski definition) is 5.